The number of pyridine rings is 1. The summed E-state index contributed by atoms with van der Waals surface area (Å²) < 4.78 is 4.50. The summed E-state index contributed by atoms with van der Waals surface area (Å²) in [6.07, 6.45) is 0.293. The van der Waals surface area contributed by atoms with E-state index in [0.717, 1.165) is 13.2 Å². The van der Waals surface area contributed by atoms with Crippen molar-refractivity contribution in [1.29, 1.82) is 0 Å². The van der Waals surface area contributed by atoms with E-state index in [0.29, 0.717) is 6.42 Å². The first-order valence-corrected chi connectivity index (χ1v) is 6.16. The number of esters is 1. The van der Waals surface area contributed by atoms with Gasteiger partial charge in [0.15, 0.2) is 5.69 Å². The summed E-state index contributed by atoms with van der Waals surface area (Å²) >= 11 is 0. The molecular formula is C12H17N3O6. The van der Waals surface area contributed by atoms with Gasteiger partial charge in [0.25, 0.3) is 0 Å². The van der Waals surface area contributed by atoms with E-state index in [9.17, 15) is 25.1 Å². The second-order valence-corrected chi connectivity index (χ2v) is 4.39. The van der Waals surface area contributed by atoms with Crippen molar-refractivity contribution in [1.82, 2.24) is 4.98 Å². The summed E-state index contributed by atoms with van der Waals surface area (Å²) in [5.41, 5.74) is -1.67. The molecule has 21 heavy (non-hydrogen) atoms. The fraction of sp³-hybridized carbons (Fsp3) is 0.500. The topological polar surface area (TPSA) is 135 Å². The van der Waals surface area contributed by atoms with Gasteiger partial charge in [0.05, 0.1) is 30.8 Å². The van der Waals surface area contributed by atoms with Crippen LogP contribution in [0.3, 0.4) is 0 Å². The van der Waals surface area contributed by atoms with Gasteiger partial charge in [0.2, 0.25) is 5.82 Å². The van der Waals surface area contributed by atoms with E-state index in [1.165, 1.54) is 6.07 Å². The third kappa shape index (κ3) is 3.64. The highest BCUT2D eigenvalue weighted by atomic mass is 16.6. The Morgan fingerprint density at radius 2 is 2.10 bits per heavy atom. The summed E-state index contributed by atoms with van der Waals surface area (Å²) in [6, 6.07) is 2.28. The lowest BCUT2D eigenvalue weighted by atomic mass is 9.98. The second kappa shape index (κ2) is 6.95. The monoisotopic (exact) mass is 299 g/mol. The molecule has 0 aromatic carbocycles. The number of carbonyl (C=O) groups is 1. The van der Waals surface area contributed by atoms with E-state index in [2.05, 4.69) is 15.0 Å². The van der Waals surface area contributed by atoms with E-state index in [1.54, 1.807) is 6.92 Å². The van der Waals surface area contributed by atoms with Crippen molar-refractivity contribution in [3.05, 3.63) is 27.9 Å². The van der Waals surface area contributed by atoms with Crippen molar-refractivity contribution in [3.63, 3.8) is 0 Å². The minimum atomic E-state index is -1.17. The summed E-state index contributed by atoms with van der Waals surface area (Å²) in [7, 11) is 1.16. The van der Waals surface area contributed by atoms with Crippen LogP contribution in [0.15, 0.2) is 12.1 Å². The normalized spacial score (nSPS) is 11.0. The number of nitrogens with one attached hydrogen (secondary N) is 1. The minimum absolute atomic E-state index is 0.119. The standard InChI is InChI=1S/C12H17N3O6/c1-3-12(6-16,7-17)14-10-9(15(19)20)5-4-8(13-10)11(18)21-2/h4-5,16-17H,3,6-7H2,1-2H3,(H,13,14). The van der Waals surface area contributed by atoms with Gasteiger partial charge < -0.3 is 20.3 Å². The predicted molar refractivity (Wildman–Crippen MR) is 73.0 cm³/mol. The molecule has 3 N–H and O–H groups in total. The van der Waals surface area contributed by atoms with Crippen LogP contribution in [0.5, 0.6) is 0 Å². The van der Waals surface area contributed by atoms with Gasteiger partial charge in [-0.15, -0.1) is 0 Å². The number of ether oxygens (including phenoxy) is 1. The molecule has 0 unspecified atom stereocenters. The Morgan fingerprint density at radius 3 is 2.52 bits per heavy atom. The van der Waals surface area contributed by atoms with E-state index < -0.39 is 29.6 Å². The third-order valence-corrected chi connectivity index (χ3v) is 3.13. The van der Waals surface area contributed by atoms with E-state index >= 15 is 0 Å². The summed E-state index contributed by atoms with van der Waals surface area (Å²) in [4.78, 5) is 25.6. The largest absolute Gasteiger partial charge is 0.464 e. The van der Waals surface area contributed by atoms with Crippen LogP contribution in [0.2, 0.25) is 0 Å². The molecule has 1 aromatic rings. The van der Waals surface area contributed by atoms with Crippen LogP contribution < -0.4 is 5.32 Å². The first-order valence-electron chi connectivity index (χ1n) is 6.16. The summed E-state index contributed by atoms with van der Waals surface area (Å²) in [5.74, 6) is -0.962. The van der Waals surface area contributed by atoms with E-state index in [-0.39, 0.29) is 17.2 Å². The lowest BCUT2D eigenvalue weighted by Crippen LogP contribution is -2.45. The molecule has 0 aliphatic rings. The highest BCUT2D eigenvalue weighted by molar-refractivity contribution is 5.88. The Kier molecular flexibility index (Phi) is 5.56. The first kappa shape index (κ1) is 16.8. The zero-order chi connectivity index (χ0) is 16.0. The smallest absolute Gasteiger partial charge is 0.356 e. The summed E-state index contributed by atoms with van der Waals surface area (Å²) in [5, 5.41) is 32.4. The molecule has 0 aliphatic heterocycles. The molecular weight excluding hydrogens is 282 g/mol. The Morgan fingerprint density at radius 1 is 1.48 bits per heavy atom. The lowest BCUT2D eigenvalue weighted by molar-refractivity contribution is -0.384. The molecule has 9 nitrogen and oxygen atoms in total. The molecule has 0 radical (unpaired) electrons. The van der Waals surface area contributed by atoms with Crippen LogP contribution in [0, 0.1) is 10.1 Å². The van der Waals surface area contributed by atoms with Gasteiger partial charge in [-0.2, -0.15) is 0 Å². The Labute approximate surface area is 120 Å². The van der Waals surface area contributed by atoms with Crippen LogP contribution in [0.4, 0.5) is 11.5 Å². The molecule has 0 fully saturated rings. The van der Waals surface area contributed by atoms with E-state index in [4.69, 9.17) is 0 Å². The first-order chi connectivity index (χ1) is 9.92. The van der Waals surface area contributed by atoms with Gasteiger partial charge in [0, 0.05) is 6.07 Å². The number of hydrogen-bond donors (Lipinski definition) is 3. The predicted octanol–water partition coefficient (Wildman–Crippen LogP) is 0.322. The van der Waals surface area contributed by atoms with Gasteiger partial charge in [-0.1, -0.05) is 6.92 Å². The van der Waals surface area contributed by atoms with Crippen LogP contribution in [0.25, 0.3) is 0 Å². The Bertz CT molecular complexity index is 521. The van der Waals surface area contributed by atoms with Crippen molar-refractivity contribution in [2.45, 2.75) is 18.9 Å². The average Bonchev–Trinajstić information content (AvgIpc) is 2.51. The average molecular weight is 299 g/mol. The quantitative estimate of drug-likeness (QED) is 0.372. The number of aliphatic hydroxyl groups excluding tert-OH is 2. The number of anilines is 1. The molecule has 1 rings (SSSR count). The number of aliphatic hydroxyl groups is 2. The Hall–Kier alpha value is -2.26. The van der Waals surface area contributed by atoms with Gasteiger partial charge >= 0.3 is 11.7 Å². The zero-order valence-electron chi connectivity index (χ0n) is 11.7. The van der Waals surface area contributed by atoms with Crippen LogP contribution >= 0.6 is 0 Å². The third-order valence-electron chi connectivity index (χ3n) is 3.13. The van der Waals surface area contributed by atoms with Gasteiger partial charge in [0.1, 0.15) is 0 Å². The number of aromatic nitrogens is 1. The van der Waals surface area contributed by atoms with Crippen molar-refractivity contribution in [2.75, 3.05) is 25.6 Å². The van der Waals surface area contributed by atoms with Gasteiger partial charge in [-0.05, 0) is 12.5 Å². The van der Waals surface area contributed by atoms with Crippen LogP contribution in [-0.2, 0) is 4.74 Å². The van der Waals surface area contributed by atoms with Crippen LogP contribution in [-0.4, -0.2) is 52.0 Å². The molecule has 0 bridgehead atoms. The molecule has 0 aliphatic carbocycles. The van der Waals surface area contributed by atoms with Crippen molar-refractivity contribution < 1.29 is 24.7 Å². The van der Waals surface area contributed by atoms with Gasteiger partial charge in [-0.25, -0.2) is 9.78 Å². The maximum atomic E-state index is 11.4. The summed E-state index contributed by atoms with van der Waals surface area (Å²) in [6.45, 7) is 0.776. The number of hydrogen-bond acceptors (Lipinski definition) is 8. The van der Waals surface area contributed by atoms with Crippen molar-refractivity contribution in [3.8, 4) is 0 Å². The van der Waals surface area contributed by atoms with Crippen molar-refractivity contribution >= 4 is 17.5 Å². The number of methoxy groups -OCH3 is 1. The number of carbonyl (C=O) groups excluding carboxylic acids is 1. The number of nitro groups is 1. The molecule has 0 amide bonds. The molecule has 0 atom stereocenters. The second-order valence-electron chi connectivity index (χ2n) is 4.39. The number of rotatable bonds is 7. The maximum absolute atomic E-state index is 11.4. The molecule has 116 valence electrons. The molecule has 0 saturated heterocycles. The van der Waals surface area contributed by atoms with E-state index in [1.807, 2.05) is 0 Å². The maximum Gasteiger partial charge on any atom is 0.356 e. The molecule has 0 spiro atoms. The highest BCUT2D eigenvalue weighted by Gasteiger charge is 2.30. The fourth-order valence-corrected chi connectivity index (χ4v) is 1.60. The van der Waals surface area contributed by atoms with Gasteiger partial charge in [-0.3, -0.25) is 10.1 Å². The van der Waals surface area contributed by atoms with Crippen molar-refractivity contribution in [2.24, 2.45) is 0 Å². The Balaban J connectivity index is 3.29. The molecule has 1 heterocycles. The fourth-order valence-electron chi connectivity index (χ4n) is 1.60. The SMILES string of the molecule is CCC(CO)(CO)Nc1nc(C(=O)OC)ccc1[N+](=O)[O-]. The minimum Gasteiger partial charge on any atom is -0.464 e. The lowest BCUT2D eigenvalue weighted by Gasteiger charge is -2.30. The van der Waals surface area contributed by atoms with Crippen LogP contribution in [0.1, 0.15) is 23.8 Å². The highest BCUT2D eigenvalue weighted by Crippen LogP contribution is 2.26. The molecule has 0 saturated carbocycles. The number of nitrogens with zero attached hydrogens (tertiary/aromatic N) is 2. The molecule has 1 aromatic heterocycles. The zero-order valence-corrected chi connectivity index (χ0v) is 11.7. The molecule has 9 heteroatoms.